The number of aryl methyl sites for hydroxylation is 1. The molecule has 2 N–H and O–H groups in total. The first kappa shape index (κ1) is 21.3. The van der Waals surface area contributed by atoms with E-state index in [9.17, 15) is 4.79 Å². The Labute approximate surface area is 168 Å². The fourth-order valence-corrected chi connectivity index (χ4v) is 5.01. The monoisotopic (exact) mass is 403 g/mol. The van der Waals surface area contributed by atoms with E-state index in [0.717, 1.165) is 44.7 Å². The van der Waals surface area contributed by atoms with Crippen molar-refractivity contribution in [2.45, 2.75) is 38.1 Å². The number of amides is 1. The van der Waals surface area contributed by atoms with E-state index in [2.05, 4.69) is 14.9 Å². The maximum absolute atomic E-state index is 13.0. The van der Waals surface area contributed by atoms with Gasteiger partial charge in [-0.05, 0) is 37.5 Å². The van der Waals surface area contributed by atoms with Gasteiger partial charge in [0.05, 0.1) is 11.9 Å². The highest BCUT2D eigenvalue weighted by molar-refractivity contribution is 5.85. The zero-order valence-corrected chi connectivity index (χ0v) is 17.1. The van der Waals surface area contributed by atoms with Gasteiger partial charge in [0.25, 0.3) is 0 Å². The van der Waals surface area contributed by atoms with Crippen LogP contribution in [-0.2, 0) is 11.8 Å². The molecule has 2 aliphatic carbocycles. The van der Waals surface area contributed by atoms with E-state index in [1.807, 2.05) is 24.1 Å². The molecule has 2 atom stereocenters. The lowest BCUT2D eigenvalue weighted by Crippen LogP contribution is -2.53. The molecule has 2 bridgehead atoms. The van der Waals surface area contributed by atoms with Crippen LogP contribution in [0, 0.1) is 17.8 Å². The van der Waals surface area contributed by atoms with Gasteiger partial charge in [0.15, 0.2) is 0 Å². The Kier molecular flexibility index (Phi) is 7.22. The van der Waals surface area contributed by atoms with E-state index >= 15 is 0 Å². The number of nitrogens with two attached hydrogens (primary N) is 1. The van der Waals surface area contributed by atoms with Gasteiger partial charge in [0.2, 0.25) is 5.91 Å². The summed E-state index contributed by atoms with van der Waals surface area (Å²) in [5.41, 5.74) is 7.53. The first-order chi connectivity index (χ1) is 11.6. The average Bonchev–Trinajstić information content (AvgIpc) is 3.01. The number of carbonyl (C=O) groups is 1. The van der Waals surface area contributed by atoms with Crippen molar-refractivity contribution in [3.63, 3.8) is 0 Å². The molecule has 0 radical (unpaired) electrons. The molecule has 1 aromatic heterocycles. The van der Waals surface area contributed by atoms with Gasteiger partial charge in [0.1, 0.15) is 0 Å². The van der Waals surface area contributed by atoms with Crippen molar-refractivity contribution in [2.75, 3.05) is 31.1 Å². The largest absolute Gasteiger partial charge is 0.365 e. The second-order valence-electron chi connectivity index (χ2n) is 7.88. The Morgan fingerprint density at radius 2 is 1.73 bits per heavy atom. The van der Waals surface area contributed by atoms with E-state index < -0.39 is 0 Å². The molecule has 26 heavy (non-hydrogen) atoms. The molecule has 0 aromatic carbocycles. The van der Waals surface area contributed by atoms with Crippen molar-refractivity contribution >= 4 is 36.4 Å². The molecule has 0 spiro atoms. The minimum absolute atomic E-state index is 0. The lowest BCUT2D eigenvalue weighted by molar-refractivity contribution is -0.138. The third-order valence-electron chi connectivity index (χ3n) is 6.41. The average molecular weight is 404 g/mol. The summed E-state index contributed by atoms with van der Waals surface area (Å²) < 4.78 is 1.83. The second-order valence-corrected chi connectivity index (χ2v) is 7.88. The lowest BCUT2D eigenvalue weighted by atomic mass is 9.65. The second kappa shape index (κ2) is 8.81. The van der Waals surface area contributed by atoms with Crippen LogP contribution in [-0.4, -0.2) is 52.8 Å². The first-order valence-corrected chi connectivity index (χ1v) is 9.40. The molecule has 2 unspecified atom stereocenters. The van der Waals surface area contributed by atoms with E-state index in [1.54, 1.807) is 0 Å². The quantitative estimate of drug-likeness (QED) is 0.820. The number of rotatable bonds is 2. The summed E-state index contributed by atoms with van der Waals surface area (Å²) in [6.07, 6.45) is 9.71. The Bertz CT molecular complexity index is 588. The molecule has 4 rings (SSSR count). The first-order valence-electron chi connectivity index (χ1n) is 9.40. The standard InChI is InChI=1S/C18H29N5O.2ClH/c1-21-12-16(11-20-21)22-5-7-23(8-6-22)18(24)15-9-13-3-2-4-14(10-15)17(13)19;;/h11-15,17H,2-10,19H2,1H3;2*1H. The van der Waals surface area contributed by atoms with Crippen molar-refractivity contribution in [3.05, 3.63) is 12.4 Å². The summed E-state index contributed by atoms with van der Waals surface area (Å²) in [5.74, 6) is 1.74. The highest BCUT2D eigenvalue weighted by Gasteiger charge is 2.41. The predicted molar refractivity (Wildman–Crippen MR) is 108 cm³/mol. The van der Waals surface area contributed by atoms with Crippen LogP contribution in [0.4, 0.5) is 5.69 Å². The Hall–Kier alpha value is -0.980. The molecule has 2 heterocycles. The van der Waals surface area contributed by atoms with Gasteiger partial charge in [-0.15, -0.1) is 24.8 Å². The number of carbonyl (C=O) groups excluding carboxylic acids is 1. The molecule has 6 nitrogen and oxygen atoms in total. The Morgan fingerprint density at radius 3 is 2.27 bits per heavy atom. The molecule has 148 valence electrons. The summed E-state index contributed by atoms with van der Waals surface area (Å²) in [6, 6.07) is 0.338. The molecule has 2 saturated carbocycles. The number of hydrogen-bond donors (Lipinski definition) is 1. The smallest absolute Gasteiger partial charge is 0.225 e. The fourth-order valence-electron chi connectivity index (χ4n) is 5.01. The van der Waals surface area contributed by atoms with Crippen LogP contribution in [0.2, 0.25) is 0 Å². The van der Waals surface area contributed by atoms with Crippen LogP contribution in [0.1, 0.15) is 32.1 Å². The van der Waals surface area contributed by atoms with E-state index in [4.69, 9.17) is 5.73 Å². The normalized spacial score (nSPS) is 31.0. The number of hydrogen-bond acceptors (Lipinski definition) is 4. The number of halogens is 2. The van der Waals surface area contributed by atoms with Crippen LogP contribution >= 0.6 is 24.8 Å². The lowest BCUT2D eigenvalue weighted by Gasteiger charge is -2.45. The number of fused-ring (bicyclic) bond motifs is 2. The van der Waals surface area contributed by atoms with Crippen molar-refractivity contribution in [1.29, 1.82) is 0 Å². The highest BCUT2D eigenvalue weighted by Crippen LogP contribution is 2.42. The van der Waals surface area contributed by atoms with Crippen LogP contribution < -0.4 is 10.6 Å². The van der Waals surface area contributed by atoms with Gasteiger partial charge < -0.3 is 15.5 Å². The summed E-state index contributed by atoms with van der Waals surface area (Å²) >= 11 is 0. The topological polar surface area (TPSA) is 67.4 Å². The third-order valence-corrected chi connectivity index (χ3v) is 6.41. The molecule has 1 saturated heterocycles. The number of aromatic nitrogens is 2. The molecule has 3 aliphatic rings. The fraction of sp³-hybridized carbons (Fsp3) is 0.778. The predicted octanol–water partition coefficient (Wildman–Crippen LogP) is 2.07. The van der Waals surface area contributed by atoms with Crippen LogP contribution in [0.15, 0.2) is 12.4 Å². The Morgan fingerprint density at radius 1 is 1.12 bits per heavy atom. The molecular formula is C18H31Cl2N5O. The molecule has 1 amide bonds. The van der Waals surface area contributed by atoms with Gasteiger partial charge in [-0.2, -0.15) is 5.10 Å². The van der Waals surface area contributed by atoms with Gasteiger partial charge in [-0.3, -0.25) is 9.48 Å². The zero-order valence-electron chi connectivity index (χ0n) is 15.4. The van der Waals surface area contributed by atoms with Crippen molar-refractivity contribution in [1.82, 2.24) is 14.7 Å². The summed E-state index contributed by atoms with van der Waals surface area (Å²) in [6.45, 7) is 3.45. The van der Waals surface area contributed by atoms with E-state index in [1.165, 1.54) is 19.3 Å². The SMILES string of the molecule is Cl.Cl.Cn1cc(N2CCN(C(=O)C3CC4CCCC(C3)C4N)CC2)cn1. The minimum Gasteiger partial charge on any atom is -0.365 e. The molecule has 8 heteroatoms. The minimum atomic E-state index is 0. The number of piperazine rings is 1. The van der Waals surface area contributed by atoms with Gasteiger partial charge in [-0.25, -0.2) is 0 Å². The number of nitrogens with zero attached hydrogens (tertiary/aromatic N) is 4. The van der Waals surface area contributed by atoms with Crippen molar-refractivity contribution in [2.24, 2.45) is 30.5 Å². The Balaban J connectivity index is 0.00000121. The molecule has 1 aromatic rings. The van der Waals surface area contributed by atoms with E-state index in [-0.39, 0.29) is 30.7 Å². The van der Waals surface area contributed by atoms with Crippen LogP contribution in [0.3, 0.4) is 0 Å². The maximum Gasteiger partial charge on any atom is 0.225 e. The number of anilines is 1. The zero-order chi connectivity index (χ0) is 16.7. The van der Waals surface area contributed by atoms with Gasteiger partial charge in [-0.1, -0.05) is 6.42 Å². The van der Waals surface area contributed by atoms with Crippen molar-refractivity contribution < 1.29 is 4.79 Å². The van der Waals surface area contributed by atoms with Crippen LogP contribution in [0.5, 0.6) is 0 Å². The van der Waals surface area contributed by atoms with Crippen LogP contribution in [0.25, 0.3) is 0 Å². The maximum atomic E-state index is 13.0. The molecular weight excluding hydrogens is 373 g/mol. The summed E-state index contributed by atoms with van der Waals surface area (Å²) in [4.78, 5) is 17.4. The van der Waals surface area contributed by atoms with E-state index in [0.29, 0.717) is 23.8 Å². The van der Waals surface area contributed by atoms with Crippen molar-refractivity contribution in [3.8, 4) is 0 Å². The molecule has 1 aliphatic heterocycles. The van der Waals surface area contributed by atoms with Gasteiger partial charge in [0, 0.05) is 51.4 Å². The summed E-state index contributed by atoms with van der Waals surface area (Å²) in [5, 5.41) is 4.24. The molecule has 3 fully saturated rings. The highest BCUT2D eigenvalue weighted by atomic mass is 35.5. The van der Waals surface area contributed by atoms with Gasteiger partial charge >= 0.3 is 0 Å². The third kappa shape index (κ3) is 4.12. The summed E-state index contributed by atoms with van der Waals surface area (Å²) in [7, 11) is 1.94.